The van der Waals surface area contributed by atoms with E-state index in [-0.39, 0.29) is 0 Å². The Balaban J connectivity index is 3.14. The average Bonchev–Trinajstić information content (AvgIpc) is 1.38. The van der Waals surface area contributed by atoms with E-state index < -0.39 is 0 Å². The summed E-state index contributed by atoms with van der Waals surface area (Å²) in [5.74, 6) is 0. The molecule has 0 unspecified atom stereocenters. The molecule has 0 aliphatic rings. The Hall–Kier alpha value is 0.760. The van der Waals surface area contributed by atoms with Crippen LogP contribution in [-0.2, 0) is 0 Å². The third-order valence-corrected chi connectivity index (χ3v) is 1.06. The highest BCUT2D eigenvalue weighted by Crippen LogP contribution is 2.08. The molecule has 0 bridgehead atoms. The Morgan fingerprint density at radius 3 is 2.20 bits per heavy atom. The Bertz CT molecular complexity index is 44.9. The zero-order chi connectivity index (χ0) is 4.28. The maximum Gasteiger partial charge on any atom is 0.0746 e. The molecule has 0 rings (SSSR count). The van der Waals surface area contributed by atoms with Crippen LogP contribution in [0.4, 0.5) is 0 Å². The smallest absolute Gasteiger partial charge is 0.0746 e. The summed E-state index contributed by atoms with van der Waals surface area (Å²) in [5.41, 5.74) is 0. The minimum Gasteiger partial charge on any atom is -0.0775 e. The molecule has 0 fully saturated rings. The maximum atomic E-state index is 5.31. The average molecular weight is 202 g/mol. The number of hydrogen-bond acceptors (Lipinski definition) is 0. The van der Waals surface area contributed by atoms with E-state index in [0.29, 0.717) is 0 Å². The fraction of sp³-hybridized carbons (Fsp3) is 0.333. The van der Waals surface area contributed by atoms with Crippen molar-refractivity contribution < 1.29 is 0 Å². The van der Waals surface area contributed by atoms with Gasteiger partial charge in [-0.1, -0.05) is 17.7 Å². The van der Waals surface area contributed by atoms with E-state index in [0.717, 1.165) is 3.04 Å². The maximum absolute atomic E-state index is 5.31. The molecule has 0 nitrogen and oxygen atoms in total. The van der Waals surface area contributed by atoms with Gasteiger partial charge in [-0.05, 0) is 29.5 Å². The minimum atomic E-state index is 0.822. The molecule has 0 aromatic carbocycles. The minimum absolute atomic E-state index is 0.822. The van der Waals surface area contributed by atoms with Crippen molar-refractivity contribution in [1.82, 2.24) is 0 Å². The van der Waals surface area contributed by atoms with Crippen LogP contribution in [0.5, 0.6) is 0 Å². The van der Waals surface area contributed by atoms with Gasteiger partial charge in [-0.3, -0.25) is 0 Å². The van der Waals surface area contributed by atoms with Gasteiger partial charge in [-0.25, -0.2) is 0 Å². The zero-order valence-corrected chi connectivity index (χ0v) is 5.75. The lowest BCUT2D eigenvalue weighted by molar-refractivity contribution is 1.78. The molecule has 0 amide bonds. The molecule has 0 aromatic rings. The molecule has 0 aliphatic heterocycles. The predicted octanol–water partition coefficient (Wildman–Crippen LogP) is 2.52. The summed E-state index contributed by atoms with van der Waals surface area (Å²) in [6, 6.07) is 0. The van der Waals surface area contributed by atoms with Gasteiger partial charge in [-0.2, -0.15) is 0 Å². The predicted molar refractivity (Wildman–Crippen MR) is 33.6 cm³/mol. The Morgan fingerprint density at radius 2 is 2.20 bits per heavy atom. The lowest BCUT2D eigenvalue weighted by atomic mass is 10.8. The van der Waals surface area contributed by atoms with Crippen molar-refractivity contribution in [3.63, 3.8) is 0 Å². The first-order valence-electron chi connectivity index (χ1n) is 1.24. The molecular formula is C3H4ClI. The first-order chi connectivity index (χ1) is 2.27. The normalized spacial score (nSPS) is 12.2. The van der Waals surface area contributed by atoms with Crippen molar-refractivity contribution in [1.29, 1.82) is 0 Å². The number of rotatable bonds is 0. The molecule has 0 N–H and O–H groups in total. The van der Waals surface area contributed by atoms with Gasteiger partial charge in [-0.15, -0.1) is 0 Å². The van der Waals surface area contributed by atoms with Crippen LogP contribution >= 0.6 is 34.2 Å². The topological polar surface area (TPSA) is 0 Å². The summed E-state index contributed by atoms with van der Waals surface area (Å²) < 4.78 is 0.822. The van der Waals surface area contributed by atoms with Crippen LogP contribution in [0.25, 0.3) is 0 Å². The molecule has 5 heavy (non-hydrogen) atoms. The van der Waals surface area contributed by atoms with E-state index in [1.807, 2.05) is 35.6 Å². The van der Waals surface area contributed by atoms with Crippen molar-refractivity contribution in [2.24, 2.45) is 0 Å². The van der Waals surface area contributed by atoms with Gasteiger partial charge in [0, 0.05) is 0 Å². The molecular weight excluding hydrogens is 198 g/mol. The van der Waals surface area contributed by atoms with Gasteiger partial charge >= 0.3 is 0 Å². The van der Waals surface area contributed by atoms with E-state index in [1.54, 1.807) is 0 Å². The molecule has 0 aliphatic carbocycles. The fourth-order valence-electron chi connectivity index (χ4n) is 0. The van der Waals surface area contributed by atoms with Gasteiger partial charge < -0.3 is 0 Å². The Kier molecular flexibility index (Phi) is 3.42. The second-order valence-electron chi connectivity index (χ2n) is 0.578. The van der Waals surface area contributed by atoms with Crippen molar-refractivity contribution in [3.8, 4) is 0 Å². The Morgan fingerprint density at radius 1 is 2.00 bits per heavy atom. The van der Waals surface area contributed by atoms with E-state index in [9.17, 15) is 0 Å². The third-order valence-electron chi connectivity index (χ3n) is 0.218. The Labute approximate surface area is 50.3 Å². The van der Waals surface area contributed by atoms with Crippen molar-refractivity contribution >= 4 is 34.2 Å². The molecule has 2 heteroatoms. The van der Waals surface area contributed by atoms with Crippen LogP contribution in [0.1, 0.15) is 6.92 Å². The third kappa shape index (κ3) is 4.76. The SMILES string of the molecule is CC=C(Cl)I. The van der Waals surface area contributed by atoms with Gasteiger partial charge in [0.05, 0.1) is 3.04 Å². The second-order valence-corrected chi connectivity index (χ2v) is 2.79. The summed E-state index contributed by atoms with van der Waals surface area (Å²) in [5, 5.41) is 0. The molecule has 0 spiro atoms. The summed E-state index contributed by atoms with van der Waals surface area (Å²) in [6.07, 6.45) is 1.84. The van der Waals surface area contributed by atoms with Crippen molar-refractivity contribution in [2.75, 3.05) is 0 Å². The van der Waals surface area contributed by atoms with E-state index in [4.69, 9.17) is 11.6 Å². The summed E-state index contributed by atoms with van der Waals surface area (Å²) >= 11 is 7.34. The zero-order valence-electron chi connectivity index (χ0n) is 2.83. The van der Waals surface area contributed by atoms with E-state index in [2.05, 4.69) is 0 Å². The summed E-state index contributed by atoms with van der Waals surface area (Å²) in [4.78, 5) is 0. The summed E-state index contributed by atoms with van der Waals surface area (Å²) in [7, 11) is 0. The van der Waals surface area contributed by atoms with Crippen molar-refractivity contribution in [2.45, 2.75) is 6.92 Å². The molecule has 0 aromatic heterocycles. The second kappa shape index (κ2) is 2.97. The van der Waals surface area contributed by atoms with Crippen LogP contribution < -0.4 is 0 Å². The summed E-state index contributed by atoms with van der Waals surface area (Å²) in [6.45, 7) is 1.90. The molecule has 0 atom stereocenters. The van der Waals surface area contributed by atoms with Crippen LogP contribution in [0.2, 0.25) is 0 Å². The van der Waals surface area contributed by atoms with Crippen LogP contribution in [-0.4, -0.2) is 0 Å². The number of allylic oxidation sites excluding steroid dienone is 1. The van der Waals surface area contributed by atoms with Gasteiger partial charge in [0.15, 0.2) is 0 Å². The van der Waals surface area contributed by atoms with E-state index >= 15 is 0 Å². The molecule has 0 radical (unpaired) electrons. The quantitative estimate of drug-likeness (QED) is 0.530. The van der Waals surface area contributed by atoms with E-state index in [1.165, 1.54) is 0 Å². The van der Waals surface area contributed by atoms with Crippen LogP contribution in [0.3, 0.4) is 0 Å². The largest absolute Gasteiger partial charge is 0.0775 e. The van der Waals surface area contributed by atoms with Crippen molar-refractivity contribution in [3.05, 3.63) is 9.12 Å². The first kappa shape index (κ1) is 5.76. The molecule has 0 saturated heterocycles. The lowest BCUT2D eigenvalue weighted by Gasteiger charge is -1.67. The monoisotopic (exact) mass is 202 g/mol. The van der Waals surface area contributed by atoms with Crippen LogP contribution in [0, 0.1) is 0 Å². The molecule has 0 heterocycles. The van der Waals surface area contributed by atoms with Gasteiger partial charge in [0.25, 0.3) is 0 Å². The van der Waals surface area contributed by atoms with Gasteiger partial charge in [0.1, 0.15) is 0 Å². The van der Waals surface area contributed by atoms with Gasteiger partial charge in [0.2, 0.25) is 0 Å². The standard InChI is InChI=1S/C3H4ClI/c1-2-3(4)5/h2H,1H3. The highest BCUT2D eigenvalue weighted by Gasteiger charge is 1.67. The van der Waals surface area contributed by atoms with Crippen LogP contribution in [0.15, 0.2) is 9.12 Å². The highest BCUT2D eigenvalue weighted by atomic mass is 127. The molecule has 0 saturated carbocycles. The number of halogens is 2. The fourth-order valence-corrected chi connectivity index (χ4v) is 0. The lowest BCUT2D eigenvalue weighted by Crippen LogP contribution is -1.36. The first-order valence-corrected chi connectivity index (χ1v) is 2.70. The highest BCUT2D eigenvalue weighted by molar-refractivity contribution is 14.1. The number of hydrogen-bond donors (Lipinski definition) is 0. The molecule has 30 valence electrons.